The van der Waals surface area contributed by atoms with E-state index in [0.717, 1.165) is 35.8 Å². The van der Waals surface area contributed by atoms with Crippen molar-refractivity contribution in [1.82, 2.24) is 0 Å². The summed E-state index contributed by atoms with van der Waals surface area (Å²) in [4.78, 5) is 2.34. The number of halogens is 1. The molecule has 3 heteroatoms. The van der Waals surface area contributed by atoms with Crippen LogP contribution < -0.4 is 10.6 Å². The summed E-state index contributed by atoms with van der Waals surface area (Å²) in [5.74, 6) is 0. The van der Waals surface area contributed by atoms with E-state index in [-0.39, 0.29) is 0 Å². The van der Waals surface area contributed by atoms with E-state index in [9.17, 15) is 0 Å². The lowest BCUT2D eigenvalue weighted by Crippen LogP contribution is -2.30. The molecule has 98 valence electrons. The van der Waals surface area contributed by atoms with Crippen LogP contribution in [0, 0.1) is 0 Å². The highest BCUT2D eigenvalue weighted by molar-refractivity contribution is 6.33. The molecule has 19 heavy (non-hydrogen) atoms. The molecule has 1 aliphatic heterocycles. The Morgan fingerprint density at radius 1 is 1.11 bits per heavy atom. The zero-order valence-corrected chi connectivity index (χ0v) is 11.5. The maximum Gasteiger partial charge on any atom is 0.0642 e. The molecule has 0 aliphatic carbocycles. The quantitative estimate of drug-likeness (QED) is 0.908. The van der Waals surface area contributed by atoms with Crippen molar-refractivity contribution < 1.29 is 0 Å². The molecule has 0 aromatic heterocycles. The number of nitrogens with zero attached hydrogens (tertiary/aromatic N) is 1. The lowest BCUT2D eigenvalue weighted by Gasteiger charge is -2.31. The number of rotatable bonds is 2. The lowest BCUT2D eigenvalue weighted by molar-refractivity contribution is 0.731. The molecule has 0 saturated heterocycles. The standard InChI is InChI=1S/C16H17ClN2/c17-15-9-12(10-18)5-6-16(15)19-8-7-13-3-1-2-4-14(13)11-19/h1-6,9H,7-8,10-11,18H2. The molecular weight excluding hydrogens is 256 g/mol. The summed E-state index contributed by atoms with van der Waals surface area (Å²) in [7, 11) is 0. The molecule has 1 heterocycles. The summed E-state index contributed by atoms with van der Waals surface area (Å²) in [6.07, 6.45) is 1.07. The Morgan fingerprint density at radius 3 is 2.63 bits per heavy atom. The largest absolute Gasteiger partial charge is 0.366 e. The minimum absolute atomic E-state index is 0.531. The van der Waals surface area contributed by atoms with Gasteiger partial charge >= 0.3 is 0 Å². The van der Waals surface area contributed by atoms with Crippen LogP contribution in [0.2, 0.25) is 5.02 Å². The number of anilines is 1. The van der Waals surface area contributed by atoms with Gasteiger partial charge in [-0.05, 0) is 35.2 Å². The van der Waals surface area contributed by atoms with Gasteiger partial charge in [0.05, 0.1) is 10.7 Å². The van der Waals surface area contributed by atoms with E-state index in [4.69, 9.17) is 17.3 Å². The second-order valence-corrected chi connectivity index (χ2v) is 5.34. The highest BCUT2D eigenvalue weighted by atomic mass is 35.5. The van der Waals surface area contributed by atoms with E-state index >= 15 is 0 Å². The van der Waals surface area contributed by atoms with Gasteiger partial charge in [0.1, 0.15) is 0 Å². The fourth-order valence-electron chi connectivity index (χ4n) is 2.64. The van der Waals surface area contributed by atoms with Gasteiger partial charge in [0.25, 0.3) is 0 Å². The van der Waals surface area contributed by atoms with Crippen molar-refractivity contribution in [3.05, 3.63) is 64.2 Å². The van der Waals surface area contributed by atoms with Gasteiger partial charge in [-0.2, -0.15) is 0 Å². The minimum atomic E-state index is 0.531. The van der Waals surface area contributed by atoms with E-state index in [1.807, 2.05) is 6.07 Å². The molecule has 0 radical (unpaired) electrons. The van der Waals surface area contributed by atoms with Crippen molar-refractivity contribution in [3.8, 4) is 0 Å². The Balaban J connectivity index is 1.89. The normalized spacial score (nSPS) is 14.3. The van der Waals surface area contributed by atoms with Crippen LogP contribution in [0.4, 0.5) is 5.69 Å². The van der Waals surface area contributed by atoms with Crippen molar-refractivity contribution in [2.45, 2.75) is 19.5 Å². The van der Waals surface area contributed by atoms with Crippen molar-refractivity contribution in [2.75, 3.05) is 11.4 Å². The minimum Gasteiger partial charge on any atom is -0.366 e. The number of hydrogen-bond donors (Lipinski definition) is 1. The molecule has 2 aromatic rings. The van der Waals surface area contributed by atoms with Crippen molar-refractivity contribution >= 4 is 17.3 Å². The molecule has 1 aliphatic rings. The van der Waals surface area contributed by atoms with Crippen LogP contribution in [0.1, 0.15) is 16.7 Å². The summed E-state index contributed by atoms with van der Waals surface area (Å²) in [5.41, 5.74) is 10.7. The van der Waals surface area contributed by atoms with Crippen molar-refractivity contribution in [1.29, 1.82) is 0 Å². The lowest BCUT2D eigenvalue weighted by atomic mass is 9.99. The third-order valence-electron chi connectivity index (χ3n) is 3.72. The summed E-state index contributed by atoms with van der Waals surface area (Å²) in [5, 5.41) is 0.794. The first kappa shape index (κ1) is 12.5. The van der Waals surface area contributed by atoms with Crippen LogP contribution in [-0.2, 0) is 19.5 Å². The number of benzene rings is 2. The molecule has 0 saturated carbocycles. The molecule has 2 N–H and O–H groups in total. The third kappa shape index (κ3) is 2.46. The highest BCUT2D eigenvalue weighted by Crippen LogP contribution is 2.31. The molecule has 0 bridgehead atoms. The van der Waals surface area contributed by atoms with Gasteiger partial charge in [0.2, 0.25) is 0 Å². The number of hydrogen-bond acceptors (Lipinski definition) is 2. The smallest absolute Gasteiger partial charge is 0.0642 e. The Kier molecular flexibility index (Phi) is 3.45. The van der Waals surface area contributed by atoms with Gasteiger partial charge in [0.15, 0.2) is 0 Å². The molecule has 0 fully saturated rings. The van der Waals surface area contributed by atoms with Gasteiger partial charge in [-0.25, -0.2) is 0 Å². The number of fused-ring (bicyclic) bond motifs is 1. The van der Waals surface area contributed by atoms with Crippen LogP contribution >= 0.6 is 11.6 Å². The monoisotopic (exact) mass is 272 g/mol. The second-order valence-electron chi connectivity index (χ2n) is 4.93. The van der Waals surface area contributed by atoms with Crippen LogP contribution in [0.15, 0.2) is 42.5 Å². The van der Waals surface area contributed by atoms with Crippen molar-refractivity contribution in [2.24, 2.45) is 5.73 Å². The van der Waals surface area contributed by atoms with Gasteiger partial charge in [-0.3, -0.25) is 0 Å². The van der Waals surface area contributed by atoms with Gasteiger partial charge in [-0.1, -0.05) is 41.9 Å². The molecule has 2 aromatic carbocycles. The maximum atomic E-state index is 6.37. The average molecular weight is 273 g/mol. The molecule has 0 amide bonds. The maximum absolute atomic E-state index is 6.37. The van der Waals surface area contributed by atoms with Crippen LogP contribution in [0.3, 0.4) is 0 Å². The average Bonchev–Trinajstić information content (AvgIpc) is 2.46. The Labute approximate surface area is 118 Å². The first-order chi connectivity index (χ1) is 9.28. The third-order valence-corrected chi connectivity index (χ3v) is 4.02. The first-order valence-corrected chi connectivity index (χ1v) is 6.96. The molecule has 2 nitrogen and oxygen atoms in total. The summed E-state index contributed by atoms with van der Waals surface area (Å²) in [6.45, 7) is 2.47. The Bertz CT molecular complexity index is 595. The van der Waals surface area contributed by atoms with E-state index in [1.165, 1.54) is 11.1 Å². The first-order valence-electron chi connectivity index (χ1n) is 6.58. The zero-order chi connectivity index (χ0) is 13.2. The predicted octanol–water partition coefficient (Wildman–Crippen LogP) is 3.36. The molecule has 0 unspecified atom stereocenters. The molecule has 3 rings (SSSR count). The fourth-order valence-corrected chi connectivity index (χ4v) is 2.96. The van der Waals surface area contributed by atoms with Gasteiger partial charge < -0.3 is 10.6 Å². The Morgan fingerprint density at radius 2 is 1.89 bits per heavy atom. The van der Waals surface area contributed by atoms with Crippen LogP contribution in [0.25, 0.3) is 0 Å². The summed E-state index contributed by atoms with van der Waals surface area (Å²) < 4.78 is 0. The van der Waals surface area contributed by atoms with E-state index in [2.05, 4.69) is 41.3 Å². The topological polar surface area (TPSA) is 29.3 Å². The van der Waals surface area contributed by atoms with E-state index in [0.29, 0.717) is 6.54 Å². The van der Waals surface area contributed by atoms with E-state index in [1.54, 1.807) is 0 Å². The second kappa shape index (κ2) is 5.24. The van der Waals surface area contributed by atoms with Crippen LogP contribution in [-0.4, -0.2) is 6.54 Å². The highest BCUT2D eigenvalue weighted by Gasteiger charge is 2.17. The summed E-state index contributed by atoms with van der Waals surface area (Å²) in [6, 6.07) is 14.7. The molecule has 0 spiro atoms. The number of nitrogens with two attached hydrogens (primary N) is 1. The fraction of sp³-hybridized carbons (Fsp3) is 0.250. The molecular formula is C16H17ClN2. The Hall–Kier alpha value is -1.51. The van der Waals surface area contributed by atoms with Gasteiger partial charge in [0, 0.05) is 19.6 Å². The SMILES string of the molecule is NCc1ccc(N2CCc3ccccc3C2)c(Cl)c1. The molecule has 0 atom stereocenters. The van der Waals surface area contributed by atoms with Crippen molar-refractivity contribution in [3.63, 3.8) is 0 Å². The zero-order valence-electron chi connectivity index (χ0n) is 10.8. The van der Waals surface area contributed by atoms with Gasteiger partial charge in [-0.15, -0.1) is 0 Å². The summed E-state index contributed by atoms with van der Waals surface area (Å²) >= 11 is 6.37. The predicted molar refractivity (Wildman–Crippen MR) is 80.5 cm³/mol. The van der Waals surface area contributed by atoms with Crippen LogP contribution in [0.5, 0.6) is 0 Å². The van der Waals surface area contributed by atoms with E-state index < -0.39 is 0 Å².